The average molecular weight is 557 g/mol. The van der Waals surface area contributed by atoms with Crippen LogP contribution in [0.25, 0.3) is 11.8 Å². The number of allylic oxidation sites excluding steroid dienone is 1. The van der Waals surface area contributed by atoms with Crippen LogP contribution in [0.15, 0.2) is 84.0 Å². The van der Waals surface area contributed by atoms with E-state index in [1.165, 1.54) is 11.6 Å². The molecule has 7 nitrogen and oxygen atoms in total. The number of hydrogen-bond acceptors (Lipinski definition) is 5. The van der Waals surface area contributed by atoms with Crippen molar-refractivity contribution in [2.45, 2.75) is 26.7 Å². The molecule has 0 atom stereocenters. The number of methoxy groups -OCH3 is 1. The van der Waals surface area contributed by atoms with Crippen molar-refractivity contribution in [3.8, 4) is 0 Å². The molecule has 8 heteroatoms. The topological polar surface area (TPSA) is 83.0 Å². The van der Waals surface area contributed by atoms with Gasteiger partial charge in [0.05, 0.1) is 28.6 Å². The second-order valence-corrected chi connectivity index (χ2v) is 9.91. The van der Waals surface area contributed by atoms with Crippen LogP contribution in [-0.4, -0.2) is 37.8 Å². The number of nitrogens with one attached hydrogen (secondary N) is 2. The number of benzene rings is 3. The third kappa shape index (κ3) is 7.46. The fourth-order valence-electron chi connectivity index (χ4n) is 4.31. The van der Waals surface area contributed by atoms with E-state index in [0.29, 0.717) is 29.4 Å². The maximum Gasteiger partial charge on any atom is 0.257 e. The molecule has 0 unspecified atom stereocenters. The van der Waals surface area contributed by atoms with Gasteiger partial charge in [0.15, 0.2) is 0 Å². The highest BCUT2D eigenvalue weighted by atomic mass is 35.5. The SMILES string of the molecule is COCCNC(=O)/C=C/c1ccc(N(N=C(C)C)C2=CCCc3ccc(NC(=O)c4ccccc4Cl)cc32)cc1. The first kappa shape index (κ1) is 28.8. The summed E-state index contributed by atoms with van der Waals surface area (Å²) in [6.45, 7) is 4.84. The van der Waals surface area contributed by atoms with Crippen molar-refractivity contribution >= 4 is 52.3 Å². The van der Waals surface area contributed by atoms with Gasteiger partial charge in [0.1, 0.15) is 0 Å². The molecular weight excluding hydrogens is 524 g/mol. The van der Waals surface area contributed by atoms with Crippen LogP contribution in [0.3, 0.4) is 0 Å². The highest BCUT2D eigenvalue weighted by Gasteiger charge is 2.21. The molecule has 2 amide bonds. The van der Waals surface area contributed by atoms with Crippen molar-refractivity contribution in [2.75, 3.05) is 30.6 Å². The van der Waals surface area contributed by atoms with Crippen LogP contribution in [0.4, 0.5) is 11.4 Å². The average Bonchev–Trinajstić information content (AvgIpc) is 2.95. The lowest BCUT2D eigenvalue weighted by molar-refractivity contribution is -0.116. The Morgan fingerprint density at radius 2 is 1.85 bits per heavy atom. The Morgan fingerprint density at radius 3 is 2.58 bits per heavy atom. The predicted octanol–water partition coefficient (Wildman–Crippen LogP) is 6.56. The summed E-state index contributed by atoms with van der Waals surface area (Å²) in [6.07, 6.45) is 7.23. The Hall–Kier alpha value is -4.20. The first-order valence-electron chi connectivity index (χ1n) is 13.1. The first-order chi connectivity index (χ1) is 19.4. The molecular formula is C32H33ClN4O3. The van der Waals surface area contributed by atoms with Gasteiger partial charge in [-0.3, -0.25) is 9.59 Å². The van der Waals surface area contributed by atoms with E-state index in [1.807, 2.05) is 55.3 Å². The number of hydrogen-bond donors (Lipinski definition) is 2. The van der Waals surface area contributed by atoms with E-state index in [0.717, 1.165) is 41.1 Å². The van der Waals surface area contributed by atoms with Crippen LogP contribution in [0.1, 0.15) is 47.3 Å². The fourth-order valence-corrected chi connectivity index (χ4v) is 4.54. The minimum absolute atomic E-state index is 0.171. The van der Waals surface area contributed by atoms with E-state index in [4.69, 9.17) is 21.4 Å². The normalized spacial score (nSPS) is 12.3. The standard InChI is InChI=1S/C32H33ClN4O3/c1-22(2)36-37(26-16-11-23(12-17-26)13-18-31(38)34-19-20-40-3)30-10-6-7-24-14-15-25(21-28(24)30)35-32(39)27-8-4-5-9-29(27)33/h4-5,8-18,21H,6-7,19-20H2,1-3H3,(H,34,38)(H,35,39)/b18-13+. The number of aryl methyl sites for hydroxylation is 1. The van der Waals surface area contributed by atoms with E-state index >= 15 is 0 Å². The van der Waals surface area contributed by atoms with E-state index in [-0.39, 0.29) is 11.8 Å². The lowest BCUT2D eigenvalue weighted by Crippen LogP contribution is -2.24. The quantitative estimate of drug-likeness (QED) is 0.128. The van der Waals surface area contributed by atoms with Crippen LogP contribution < -0.4 is 15.6 Å². The minimum atomic E-state index is -0.262. The molecule has 1 aliphatic carbocycles. The number of rotatable bonds is 10. The van der Waals surface area contributed by atoms with Gasteiger partial charge in [-0.1, -0.05) is 48.0 Å². The van der Waals surface area contributed by atoms with E-state index in [2.05, 4.69) is 22.8 Å². The summed E-state index contributed by atoms with van der Waals surface area (Å²) in [5.74, 6) is -0.433. The van der Waals surface area contributed by atoms with Gasteiger partial charge in [0.25, 0.3) is 5.91 Å². The Morgan fingerprint density at radius 1 is 1.07 bits per heavy atom. The molecule has 0 saturated heterocycles. The van der Waals surface area contributed by atoms with Gasteiger partial charge in [-0.2, -0.15) is 5.10 Å². The Balaban J connectivity index is 1.58. The molecule has 0 heterocycles. The van der Waals surface area contributed by atoms with Gasteiger partial charge in [0.2, 0.25) is 5.91 Å². The Kier molecular flexibility index (Phi) is 9.89. The van der Waals surface area contributed by atoms with Gasteiger partial charge in [-0.05, 0) is 80.3 Å². The zero-order valence-corrected chi connectivity index (χ0v) is 23.7. The molecule has 3 aromatic carbocycles. The van der Waals surface area contributed by atoms with Crippen molar-refractivity contribution in [1.82, 2.24) is 5.32 Å². The van der Waals surface area contributed by atoms with Crippen molar-refractivity contribution in [3.63, 3.8) is 0 Å². The minimum Gasteiger partial charge on any atom is -0.383 e. The van der Waals surface area contributed by atoms with Crippen LogP contribution in [0.5, 0.6) is 0 Å². The molecule has 0 radical (unpaired) electrons. The van der Waals surface area contributed by atoms with Gasteiger partial charge in [-0.25, -0.2) is 5.01 Å². The first-order valence-corrected chi connectivity index (χ1v) is 13.5. The predicted molar refractivity (Wildman–Crippen MR) is 164 cm³/mol. The number of carbonyl (C=O) groups is 2. The number of anilines is 2. The number of amides is 2. The third-order valence-electron chi connectivity index (χ3n) is 6.21. The molecule has 0 spiro atoms. The molecule has 0 aromatic heterocycles. The fraction of sp³-hybridized carbons (Fsp3) is 0.219. The summed E-state index contributed by atoms with van der Waals surface area (Å²) in [5, 5.41) is 12.9. The van der Waals surface area contributed by atoms with E-state index in [9.17, 15) is 9.59 Å². The van der Waals surface area contributed by atoms with E-state index in [1.54, 1.807) is 37.5 Å². The maximum atomic E-state index is 12.9. The molecule has 0 aliphatic heterocycles. The number of nitrogens with zero attached hydrogens (tertiary/aromatic N) is 2. The van der Waals surface area contributed by atoms with E-state index < -0.39 is 0 Å². The van der Waals surface area contributed by atoms with Crippen LogP contribution >= 0.6 is 11.6 Å². The summed E-state index contributed by atoms with van der Waals surface area (Å²) in [5.41, 5.74) is 6.90. The molecule has 1 aliphatic rings. The number of ether oxygens (including phenoxy) is 1. The molecule has 0 fully saturated rings. The largest absolute Gasteiger partial charge is 0.383 e. The Labute approximate surface area is 240 Å². The highest BCUT2D eigenvalue weighted by Crippen LogP contribution is 2.35. The van der Waals surface area contributed by atoms with Gasteiger partial charge >= 0.3 is 0 Å². The third-order valence-corrected chi connectivity index (χ3v) is 6.54. The van der Waals surface area contributed by atoms with Crippen LogP contribution in [0.2, 0.25) is 5.02 Å². The number of hydrazone groups is 1. The van der Waals surface area contributed by atoms with Gasteiger partial charge < -0.3 is 15.4 Å². The lowest BCUT2D eigenvalue weighted by Gasteiger charge is -2.28. The lowest BCUT2D eigenvalue weighted by atomic mass is 9.93. The van der Waals surface area contributed by atoms with Gasteiger partial charge in [0, 0.05) is 36.7 Å². The molecule has 4 rings (SSSR count). The highest BCUT2D eigenvalue weighted by molar-refractivity contribution is 6.34. The van der Waals surface area contributed by atoms with Crippen molar-refractivity contribution in [1.29, 1.82) is 0 Å². The molecule has 0 bridgehead atoms. The monoisotopic (exact) mass is 556 g/mol. The van der Waals surface area contributed by atoms with Crippen LogP contribution in [0, 0.1) is 0 Å². The number of carbonyl (C=O) groups excluding carboxylic acids is 2. The summed E-state index contributed by atoms with van der Waals surface area (Å²) >= 11 is 6.23. The summed E-state index contributed by atoms with van der Waals surface area (Å²) in [7, 11) is 1.60. The molecule has 206 valence electrons. The maximum absolute atomic E-state index is 12.9. The number of halogens is 1. The van der Waals surface area contributed by atoms with Crippen molar-refractivity contribution < 1.29 is 14.3 Å². The second-order valence-electron chi connectivity index (χ2n) is 9.50. The second kappa shape index (κ2) is 13.7. The zero-order chi connectivity index (χ0) is 28.5. The van der Waals surface area contributed by atoms with Crippen LogP contribution in [-0.2, 0) is 16.0 Å². The zero-order valence-electron chi connectivity index (χ0n) is 22.9. The van der Waals surface area contributed by atoms with Crippen molar-refractivity contribution in [3.05, 3.63) is 106 Å². The molecule has 3 aromatic rings. The smallest absolute Gasteiger partial charge is 0.257 e. The molecule has 2 N–H and O–H groups in total. The summed E-state index contributed by atoms with van der Waals surface area (Å²) in [4.78, 5) is 24.9. The number of fused-ring (bicyclic) bond motifs is 1. The Bertz CT molecular complexity index is 1460. The molecule has 40 heavy (non-hydrogen) atoms. The molecule has 0 saturated carbocycles. The summed E-state index contributed by atoms with van der Waals surface area (Å²) in [6, 6.07) is 20.8. The van der Waals surface area contributed by atoms with Gasteiger partial charge in [-0.15, -0.1) is 0 Å². The summed E-state index contributed by atoms with van der Waals surface area (Å²) < 4.78 is 4.95. The van der Waals surface area contributed by atoms with Crippen molar-refractivity contribution in [2.24, 2.45) is 5.10 Å².